The largest absolute Gasteiger partial charge is 0.348 e. The van der Waals surface area contributed by atoms with Gasteiger partial charge in [0.1, 0.15) is 5.69 Å². The zero-order valence-corrected chi connectivity index (χ0v) is 16.4. The first-order chi connectivity index (χ1) is 12.9. The van der Waals surface area contributed by atoms with E-state index in [0.717, 1.165) is 36.6 Å². The van der Waals surface area contributed by atoms with Crippen LogP contribution in [-0.4, -0.2) is 39.1 Å². The maximum atomic E-state index is 12.5. The fourth-order valence-electron chi connectivity index (χ4n) is 2.95. The number of benzene rings is 1. The van der Waals surface area contributed by atoms with Crippen LogP contribution in [0, 0.1) is 10.1 Å². The fraction of sp³-hybridized carbons (Fsp3) is 0.389. The van der Waals surface area contributed by atoms with Crippen LogP contribution in [0.25, 0.3) is 0 Å². The molecule has 0 N–H and O–H groups in total. The summed E-state index contributed by atoms with van der Waals surface area (Å²) in [5.74, 6) is -0.103. The number of Topliss-reactive ketones (excluding diaryl/α,β-unsaturated/α-hetero) is 1. The summed E-state index contributed by atoms with van der Waals surface area (Å²) < 4.78 is 0. The number of carbonyl (C=O) groups is 2. The quantitative estimate of drug-likeness (QED) is 0.411. The third-order valence-corrected chi connectivity index (χ3v) is 6.37. The molecule has 1 saturated heterocycles. The first-order valence-electron chi connectivity index (χ1n) is 8.56. The molecule has 2 heterocycles. The summed E-state index contributed by atoms with van der Waals surface area (Å²) in [6.07, 6.45) is 2.02. The molecule has 2 aromatic rings. The van der Waals surface area contributed by atoms with Gasteiger partial charge in [-0.3, -0.25) is 19.7 Å². The molecule has 9 heteroatoms. The summed E-state index contributed by atoms with van der Waals surface area (Å²) in [4.78, 5) is 40.5. The third-order valence-electron chi connectivity index (χ3n) is 4.33. The second kappa shape index (κ2) is 8.62. The number of piperidine rings is 1. The normalized spacial score (nSPS) is 14.9. The monoisotopic (exact) mass is 405 g/mol. The van der Waals surface area contributed by atoms with Gasteiger partial charge in [0.05, 0.1) is 4.92 Å². The Labute approximate surface area is 164 Å². The lowest BCUT2D eigenvalue weighted by atomic mass is 10.1. The van der Waals surface area contributed by atoms with Crippen molar-refractivity contribution >= 4 is 44.8 Å². The van der Waals surface area contributed by atoms with Gasteiger partial charge in [-0.25, -0.2) is 4.98 Å². The second-order valence-corrected chi connectivity index (χ2v) is 8.65. The van der Waals surface area contributed by atoms with Gasteiger partial charge in [0, 0.05) is 49.2 Å². The highest BCUT2D eigenvalue weighted by atomic mass is 32.2. The minimum atomic E-state index is -0.462. The minimum Gasteiger partial charge on any atom is -0.348 e. The van der Waals surface area contributed by atoms with Gasteiger partial charge in [-0.15, -0.1) is 11.3 Å². The molecular weight excluding hydrogens is 386 g/mol. The Morgan fingerprint density at radius 3 is 2.56 bits per heavy atom. The number of hydrogen-bond donors (Lipinski definition) is 0. The summed E-state index contributed by atoms with van der Waals surface area (Å²) in [6, 6.07) is 6.00. The highest BCUT2D eigenvalue weighted by molar-refractivity contribution is 8.14. The molecular formula is C18H19N3O4S2. The van der Waals surface area contributed by atoms with Crippen molar-refractivity contribution in [1.29, 1.82) is 0 Å². The molecule has 3 rings (SSSR count). The van der Waals surface area contributed by atoms with E-state index in [1.807, 2.05) is 0 Å². The zero-order valence-electron chi connectivity index (χ0n) is 14.8. The van der Waals surface area contributed by atoms with E-state index in [1.54, 1.807) is 24.4 Å². The van der Waals surface area contributed by atoms with E-state index in [2.05, 4.69) is 9.88 Å². The molecule has 0 spiro atoms. The van der Waals surface area contributed by atoms with Crippen LogP contribution in [0.15, 0.2) is 29.6 Å². The summed E-state index contributed by atoms with van der Waals surface area (Å²) in [7, 11) is 0. The predicted molar refractivity (Wildman–Crippen MR) is 107 cm³/mol. The number of thioether (sulfide) groups is 1. The minimum absolute atomic E-state index is 0.00785. The first kappa shape index (κ1) is 19.5. The van der Waals surface area contributed by atoms with Gasteiger partial charge in [-0.2, -0.15) is 0 Å². The van der Waals surface area contributed by atoms with Crippen molar-refractivity contribution in [3.63, 3.8) is 0 Å². The van der Waals surface area contributed by atoms with Gasteiger partial charge < -0.3 is 4.90 Å². The summed E-state index contributed by atoms with van der Waals surface area (Å²) in [5.41, 5.74) is 1.16. The van der Waals surface area contributed by atoms with Crippen LogP contribution in [0.4, 0.5) is 10.8 Å². The zero-order chi connectivity index (χ0) is 19.4. The molecule has 1 fully saturated rings. The van der Waals surface area contributed by atoms with Gasteiger partial charge in [0.15, 0.2) is 16.0 Å². The lowest BCUT2D eigenvalue weighted by Crippen LogP contribution is -2.35. The van der Waals surface area contributed by atoms with Crippen LogP contribution < -0.4 is 4.90 Å². The molecule has 142 valence electrons. The van der Waals surface area contributed by atoms with Crippen LogP contribution in [0.3, 0.4) is 0 Å². The van der Waals surface area contributed by atoms with Crippen LogP contribution in [0.1, 0.15) is 35.8 Å². The number of nitro groups is 1. The van der Waals surface area contributed by atoms with Gasteiger partial charge in [-0.1, -0.05) is 23.9 Å². The van der Waals surface area contributed by atoms with Crippen LogP contribution in [-0.2, 0) is 11.2 Å². The number of aromatic nitrogens is 1. The average Bonchev–Trinajstić information content (AvgIpc) is 3.12. The highest BCUT2D eigenvalue weighted by Crippen LogP contribution is 2.29. The van der Waals surface area contributed by atoms with Crippen molar-refractivity contribution in [3.8, 4) is 0 Å². The lowest BCUT2D eigenvalue weighted by Gasteiger charge is -2.30. The predicted octanol–water partition coefficient (Wildman–Crippen LogP) is 3.73. The van der Waals surface area contributed by atoms with E-state index in [9.17, 15) is 19.7 Å². The van der Waals surface area contributed by atoms with E-state index in [1.165, 1.54) is 35.2 Å². The molecule has 0 amide bonds. The van der Waals surface area contributed by atoms with Crippen LogP contribution in [0.5, 0.6) is 0 Å². The van der Waals surface area contributed by atoms with E-state index >= 15 is 0 Å². The number of non-ortho nitro benzene ring substituents is 1. The van der Waals surface area contributed by atoms with Gasteiger partial charge >= 0.3 is 0 Å². The maximum Gasteiger partial charge on any atom is 0.269 e. The molecule has 0 bridgehead atoms. The van der Waals surface area contributed by atoms with Gasteiger partial charge in [-0.05, 0) is 18.4 Å². The van der Waals surface area contributed by atoms with E-state index in [0.29, 0.717) is 10.9 Å². The summed E-state index contributed by atoms with van der Waals surface area (Å²) in [5, 5.41) is 13.8. The van der Waals surface area contributed by atoms with Gasteiger partial charge in [0.2, 0.25) is 0 Å². The fourth-order valence-corrected chi connectivity index (χ4v) is 4.75. The first-order valence-corrected chi connectivity index (χ1v) is 10.3. The summed E-state index contributed by atoms with van der Waals surface area (Å²) >= 11 is 2.86. The molecule has 1 aromatic carbocycles. The Bertz CT molecular complexity index is 843. The second-order valence-electron chi connectivity index (χ2n) is 6.33. The number of nitrogens with zero attached hydrogens (tertiary/aromatic N) is 3. The molecule has 0 aliphatic carbocycles. The molecule has 27 heavy (non-hydrogen) atoms. The van der Waals surface area contributed by atoms with Crippen molar-refractivity contribution < 1.29 is 14.5 Å². The number of anilines is 1. The molecule has 1 aromatic heterocycles. The number of carbonyl (C=O) groups excluding carboxylic acids is 2. The Hall–Kier alpha value is -2.26. The van der Waals surface area contributed by atoms with E-state index in [-0.39, 0.29) is 23.0 Å². The maximum absolute atomic E-state index is 12.5. The van der Waals surface area contributed by atoms with E-state index < -0.39 is 4.92 Å². The molecule has 1 aliphatic rings. The number of ketones is 1. The van der Waals surface area contributed by atoms with Crippen molar-refractivity contribution in [2.75, 3.05) is 18.0 Å². The van der Waals surface area contributed by atoms with E-state index in [4.69, 9.17) is 0 Å². The standard InChI is InChI=1S/C18H19N3O4S2/c1-12(22)27-15-6-8-20(9-7-15)18-19-16(11-26-18)17(23)10-13-2-4-14(5-3-13)21(24)25/h2-5,11,15H,6-10H2,1H3. The number of nitro benzene ring substituents is 1. The molecule has 1 aliphatic heterocycles. The van der Waals surface area contributed by atoms with Crippen LogP contribution >= 0.6 is 23.1 Å². The smallest absolute Gasteiger partial charge is 0.269 e. The van der Waals surface area contributed by atoms with Crippen molar-refractivity contribution in [2.45, 2.75) is 31.4 Å². The molecule has 0 unspecified atom stereocenters. The molecule has 0 atom stereocenters. The molecule has 0 radical (unpaired) electrons. The van der Waals surface area contributed by atoms with Crippen molar-refractivity contribution in [3.05, 3.63) is 51.0 Å². The number of rotatable bonds is 6. The molecule has 7 nitrogen and oxygen atoms in total. The van der Waals surface area contributed by atoms with Crippen LogP contribution in [0.2, 0.25) is 0 Å². The average molecular weight is 406 g/mol. The number of thiazole rings is 1. The summed E-state index contributed by atoms with van der Waals surface area (Å²) in [6.45, 7) is 3.25. The Morgan fingerprint density at radius 1 is 1.30 bits per heavy atom. The van der Waals surface area contributed by atoms with Crippen molar-refractivity contribution in [1.82, 2.24) is 4.98 Å². The lowest BCUT2D eigenvalue weighted by molar-refractivity contribution is -0.384. The SMILES string of the molecule is CC(=O)SC1CCN(c2nc(C(=O)Cc3ccc([N+](=O)[O-])cc3)cs2)CC1. The van der Waals surface area contributed by atoms with Crippen molar-refractivity contribution in [2.24, 2.45) is 0 Å². The Balaban J connectivity index is 1.58. The number of hydrogen-bond acceptors (Lipinski definition) is 8. The van der Waals surface area contributed by atoms with Gasteiger partial charge in [0.25, 0.3) is 5.69 Å². The Morgan fingerprint density at radius 2 is 1.96 bits per heavy atom. The third kappa shape index (κ3) is 5.14. The molecule has 0 saturated carbocycles. The Kier molecular flexibility index (Phi) is 6.22. The highest BCUT2D eigenvalue weighted by Gasteiger charge is 2.23. The topological polar surface area (TPSA) is 93.4 Å².